The Morgan fingerprint density at radius 2 is 1.50 bits per heavy atom. The van der Waals surface area contributed by atoms with Crippen LogP contribution in [-0.2, 0) is 38.1 Å². The maximum Gasteiger partial charge on any atom is 0.303 e. The van der Waals surface area contributed by atoms with Gasteiger partial charge in [-0.15, -0.1) is 6.58 Å². The van der Waals surface area contributed by atoms with E-state index in [1.54, 1.807) is 0 Å². The summed E-state index contributed by atoms with van der Waals surface area (Å²) in [6.07, 6.45) is -4.86. The van der Waals surface area contributed by atoms with E-state index < -0.39 is 55.3 Å². The van der Waals surface area contributed by atoms with Crippen molar-refractivity contribution in [3.05, 3.63) is 12.7 Å². The van der Waals surface area contributed by atoms with E-state index in [1.807, 2.05) is 0 Å². The smallest absolute Gasteiger partial charge is 0.303 e. The first-order chi connectivity index (χ1) is 11.3. The van der Waals surface area contributed by atoms with Crippen LogP contribution in [-0.4, -0.2) is 61.9 Å². The molecule has 1 rings (SSSR count). The summed E-state index contributed by atoms with van der Waals surface area (Å²) < 4.78 is 39.3. The molecule has 136 valence electrons. The molecule has 0 saturated carbocycles. The third-order valence-corrected chi connectivity index (χ3v) is 3.03. The molecule has 1 aliphatic heterocycles. The zero-order valence-electron chi connectivity index (χ0n) is 13.7. The Hall–Kier alpha value is -2.00. The van der Waals surface area contributed by atoms with Gasteiger partial charge in [-0.3, -0.25) is 14.4 Å². The highest BCUT2D eigenvalue weighted by molar-refractivity contribution is 5.68. The lowest BCUT2D eigenvalue weighted by Crippen LogP contribution is -2.62. The number of alkyl halides is 1. The predicted octanol–water partition coefficient (Wildman–Crippen LogP) is 0.678. The van der Waals surface area contributed by atoms with Crippen molar-refractivity contribution in [3.8, 4) is 0 Å². The minimum Gasteiger partial charge on any atom is -0.456 e. The molecule has 24 heavy (non-hydrogen) atoms. The summed E-state index contributed by atoms with van der Waals surface area (Å²) in [6, 6.07) is 0. The van der Waals surface area contributed by atoms with Crippen LogP contribution in [0.4, 0.5) is 4.39 Å². The number of esters is 3. The molecule has 1 fully saturated rings. The fraction of sp³-hybridized carbons (Fsp3) is 0.667. The van der Waals surface area contributed by atoms with Crippen LogP contribution in [0.1, 0.15) is 20.8 Å². The SMILES string of the molecule is C=CCO[C@@H]1O[C@H](CF)[C@H](OC(C)=O)[C@H](OC(C)=O)[C@H]1OC(C)=O. The number of hydrogen-bond acceptors (Lipinski definition) is 8. The van der Waals surface area contributed by atoms with E-state index >= 15 is 0 Å². The minimum absolute atomic E-state index is 0.0203. The van der Waals surface area contributed by atoms with Crippen LogP contribution >= 0.6 is 0 Å². The lowest BCUT2D eigenvalue weighted by molar-refractivity contribution is -0.303. The number of ether oxygens (including phenoxy) is 5. The Bertz CT molecular complexity index is 480. The van der Waals surface area contributed by atoms with Gasteiger partial charge in [-0.2, -0.15) is 0 Å². The van der Waals surface area contributed by atoms with E-state index in [-0.39, 0.29) is 6.61 Å². The Morgan fingerprint density at radius 1 is 1.00 bits per heavy atom. The van der Waals surface area contributed by atoms with Crippen LogP contribution in [0.15, 0.2) is 12.7 Å². The van der Waals surface area contributed by atoms with Crippen molar-refractivity contribution in [1.29, 1.82) is 0 Å². The van der Waals surface area contributed by atoms with E-state index in [2.05, 4.69) is 6.58 Å². The van der Waals surface area contributed by atoms with Crippen molar-refractivity contribution in [3.63, 3.8) is 0 Å². The summed E-state index contributed by atoms with van der Waals surface area (Å²) in [5.74, 6) is -2.16. The van der Waals surface area contributed by atoms with E-state index in [9.17, 15) is 18.8 Å². The van der Waals surface area contributed by atoms with Gasteiger partial charge in [0, 0.05) is 20.8 Å². The maximum absolute atomic E-state index is 13.3. The first kappa shape index (κ1) is 20.0. The largest absolute Gasteiger partial charge is 0.456 e. The molecule has 0 amide bonds. The third kappa shape index (κ3) is 5.57. The van der Waals surface area contributed by atoms with Crippen molar-refractivity contribution < 1.29 is 42.5 Å². The molecule has 0 spiro atoms. The minimum atomic E-state index is -1.29. The highest BCUT2D eigenvalue weighted by Crippen LogP contribution is 2.29. The van der Waals surface area contributed by atoms with Crippen LogP contribution in [0.25, 0.3) is 0 Å². The Labute approximate surface area is 138 Å². The summed E-state index contributed by atoms with van der Waals surface area (Å²) in [5.41, 5.74) is 0. The van der Waals surface area contributed by atoms with Gasteiger partial charge in [-0.25, -0.2) is 4.39 Å². The van der Waals surface area contributed by atoms with Crippen LogP contribution < -0.4 is 0 Å². The first-order valence-electron chi connectivity index (χ1n) is 7.25. The molecule has 9 heteroatoms. The van der Waals surface area contributed by atoms with Gasteiger partial charge < -0.3 is 23.7 Å². The van der Waals surface area contributed by atoms with Crippen LogP contribution in [0.2, 0.25) is 0 Å². The molecule has 5 atom stereocenters. The second kappa shape index (κ2) is 9.33. The quantitative estimate of drug-likeness (QED) is 0.376. The second-order valence-corrected chi connectivity index (χ2v) is 5.04. The Balaban J connectivity index is 3.17. The van der Waals surface area contributed by atoms with E-state index in [4.69, 9.17) is 23.7 Å². The average Bonchev–Trinajstić information content (AvgIpc) is 2.48. The van der Waals surface area contributed by atoms with Gasteiger partial charge in [-0.05, 0) is 0 Å². The third-order valence-electron chi connectivity index (χ3n) is 3.03. The number of halogens is 1. The molecule has 0 aliphatic carbocycles. The van der Waals surface area contributed by atoms with Crippen LogP contribution in [0.5, 0.6) is 0 Å². The summed E-state index contributed by atoms with van der Waals surface area (Å²) in [5, 5.41) is 0. The number of hydrogen-bond donors (Lipinski definition) is 0. The average molecular weight is 348 g/mol. The van der Waals surface area contributed by atoms with Gasteiger partial charge in [0.15, 0.2) is 24.6 Å². The van der Waals surface area contributed by atoms with Gasteiger partial charge in [0.1, 0.15) is 12.8 Å². The first-order valence-corrected chi connectivity index (χ1v) is 7.25. The van der Waals surface area contributed by atoms with Crippen LogP contribution in [0, 0.1) is 0 Å². The van der Waals surface area contributed by atoms with Gasteiger partial charge in [0.25, 0.3) is 0 Å². The molecule has 0 unspecified atom stereocenters. The van der Waals surface area contributed by atoms with Crippen molar-refractivity contribution in [2.24, 2.45) is 0 Å². The fourth-order valence-electron chi connectivity index (χ4n) is 2.28. The normalized spacial score (nSPS) is 29.4. The zero-order valence-corrected chi connectivity index (χ0v) is 13.7. The number of rotatable bonds is 7. The standard InChI is InChI=1S/C15H21FO8/c1-5-6-20-15-14(23-10(4)19)13(22-9(3)18)12(21-8(2)17)11(7-16)24-15/h5,11-15H,1,6-7H2,2-4H3/t11-,12+,13+,14-,15-/m1/s1. The van der Waals surface area contributed by atoms with Gasteiger partial charge in [0.2, 0.25) is 0 Å². The molecule has 0 N–H and O–H groups in total. The van der Waals surface area contributed by atoms with Crippen molar-refractivity contribution in [2.75, 3.05) is 13.3 Å². The second-order valence-electron chi connectivity index (χ2n) is 5.04. The van der Waals surface area contributed by atoms with Gasteiger partial charge >= 0.3 is 17.9 Å². The molecular weight excluding hydrogens is 327 g/mol. The molecule has 0 radical (unpaired) electrons. The van der Waals surface area contributed by atoms with E-state index in [0.29, 0.717) is 0 Å². The molecule has 0 aromatic heterocycles. The molecule has 0 bridgehead atoms. The Kier molecular flexibility index (Phi) is 7.80. The molecule has 0 aromatic rings. The number of carbonyl (C=O) groups is 3. The van der Waals surface area contributed by atoms with Gasteiger partial charge in [-0.1, -0.05) is 6.08 Å². The van der Waals surface area contributed by atoms with E-state index in [1.165, 1.54) is 6.08 Å². The molecule has 0 aromatic carbocycles. The molecular formula is C15H21FO8. The lowest BCUT2D eigenvalue weighted by Gasteiger charge is -2.43. The van der Waals surface area contributed by atoms with Gasteiger partial charge in [0.05, 0.1) is 6.61 Å². The fourth-order valence-corrected chi connectivity index (χ4v) is 2.28. The van der Waals surface area contributed by atoms with E-state index in [0.717, 1.165) is 20.8 Å². The zero-order chi connectivity index (χ0) is 18.3. The highest BCUT2D eigenvalue weighted by atomic mass is 19.1. The summed E-state index contributed by atoms with van der Waals surface area (Å²) in [4.78, 5) is 34.1. The molecule has 1 heterocycles. The van der Waals surface area contributed by atoms with Crippen LogP contribution in [0.3, 0.4) is 0 Å². The molecule has 8 nitrogen and oxygen atoms in total. The number of carbonyl (C=O) groups excluding carboxylic acids is 3. The van der Waals surface area contributed by atoms with Crippen molar-refractivity contribution in [1.82, 2.24) is 0 Å². The predicted molar refractivity (Wildman–Crippen MR) is 77.4 cm³/mol. The molecule has 1 saturated heterocycles. The molecule has 1 aliphatic rings. The summed E-state index contributed by atoms with van der Waals surface area (Å²) >= 11 is 0. The van der Waals surface area contributed by atoms with Crippen molar-refractivity contribution >= 4 is 17.9 Å². The summed E-state index contributed by atoms with van der Waals surface area (Å²) in [7, 11) is 0. The van der Waals surface area contributed by atoms with Crippen molar-refractivity contribution in [2.45, 2.75) is 51.5 Å². The highest BCUT2D eigenvalue weighted by Gasteiger charge is 2.52. The topological polar surface area (TPSA) is 97.4 Å². The Morgan fingerprint density at radius 3 is 1.96 bits per heavy atom. The maximum atomic E-state index is 13.3. The lowest BCUT2D eigenvalue weighted by atomic mass is 9.98. The summed E-state index contributed by atoms with van der Waals surface area (Å²) in [6.45, 7) is 5.83. The monoisotopic (exact) mass is 348 g/mol.